The van der Waals surface area contributed by atoms with Crippen molar-refractivity contribution in [1.29, 1.82) is 0 Å². The number of likely N-dealkylation sites (N-methyl/N-ethyl adjacent to an activating group) is 1. The van der Waals surface area contributed by atoms with Gasteiger partial charge in [-0.3, -0.25) is 14.4 Å². The maximum atomic E-state index is 14.5. The Morgan fingerprint density at radius 1 is 1.31 bits per heavy atom. The first-order valence-corrected chi connectivity index (χ1v) is 11.0. The average molecular weight is 530 g/mol. The van der Waals surface area contributed by atoms with Gasteiger partial charge in [0.15, 0.2) is 17.3 Å². The number of rotatable bonds is 6. The molecule has 2 N–H and O–H groups in total. The van der Waals surface area contributed by atoms with Crippen LogP contribution in [0.25, 0.3) is 0 Å². The molecule has 1 aliphatic heterocycles. The van der Waals surface area contributed by atoms with Crippen LogP contribution < -0.4 is 15.5 Å². The molecule has 2 aliphatic rings. The Kier molecular flexibility index (Phi) is 7.68. The quantitative estimate of drug-likeness (QED) is 0.594. The number of methoxy groups -OCH3 is 2. The molecule has 1 fully saturated rings. The lowest BCUT2D eigenvalue weighted by Gasteiger charge is -2.54. The predicted molar refractivity (Wildman–Crippen MR) is 128 cm³/mol. The minimum atomic E-state index is -0.969. The third-order valence-electron chi connectivity index (χ3n) is 6.55. The van der Waals surface area contributed by atoms with Gasteiger partial charge in [-0.25, -0.2) is 4.39 Å². The van der Waals surface area contributed by atoms with Crippen LogP contribution >= 0.6 is 24.0 Å². The van der Waals surface area contributed by atoms with E-state index in [2.05, 4.69) is 5.32 Å². The molecule has 0 radical (unpaired) electrons. The molecule has 9 nitrogen and oxygen atoms in total. The van der Waals surface area contributed by atoms with Crippen molar-refractivity contribution in [2.75, 3.05) is 34.4 Å². The summed E-state index contributed by atoms with van der Waals surface area (Å²) in [5.74, 6) is -2.44. The van der Waals surface area contributed by atoms with E-state index in [0.717, 1.165) is 0 Å². The van der Waals surface area contributed by atoms with Crippen LogP contribution in [0.4, 0.5) is 4.39 Å². The van der Waals surface area contributed by atoms with Crippen LogP contribution in [0.1, 0.15) is 39.3 Å². The zero-order valence-corrected chi connectivity index (χ0v) is 21.0. The molecule has 1 saturated carbocycles. The van der Waals surface area contributed by atoms with Gasteiger partial charge in [-0.05, 0) is 24.8 Å². The second-order valence-corrected chi connectivity index (χ2v) is 9.17. The van der Waals surface area contributed by atoms with Gasteiger partial charge >= 0.3 is 0 Å². The first-order chi connectivity index (χ1) is 16.1. The molecule has 1 spiro atoms. The van der Waals surface area contributed by atoms with Crippen molar-refractivity contribution >= 4 is 35.8 Å². The zero-order chi connectivity index (χ0) is 24.8. The van der Waals surface area contributed by atoms with E-state index in [1.54, 1.807) is 18.7 Å². The van der Waals surface area contributed by atoms with E-state index < -0.39 is 34.3 Å². The topological polar surface area (TPSA) is 110 Å². The van der Waals surface area contributed by atoms with Gasteiger partial charge in [-0.15, -0.1) is 12.4 Å². The number of hydrogen-bond acceptors (Lipinski definition) is 6. The van der Waals surface area contributed by atoms with E-state index in [1.807, 2.05) is 0 Å². The van der Waals surface area contributed by atoms with Crippen LogP contribution in [0.15, 0.2) is 23.1 Å². The van der Waals surface area contributed by atoms with E-state index in [9.17, 15) is 23.9 Å². The van der Waals surface area contributed by atoms with Crippen molar-refractivity contribution in [3.63, 3.8) is 0 Å². The lowest BCUT2D eigenvalue weighted by Crippen LogP contribution is -2.60. The number of carbonyl (C=O) groups is 2. The second kappa shape index (κ2) is 10.0. The summed E-state index contributed by atoms with van der Waals surface area (Å²) in [4.78, 5) is 39.9. The Hall–Kier alpha value is -2.82. The number of nitrogens with one attached hydrogen (secondary N) is 1. The van der Waals surface area contributed by atoms with E-state index in [4.69, 9.17) is 21.1 Å². The van der Waals surface area contributed by atoms with E-state index in [-0.39, 0.29) is 52.5 Å². The minimum Gasteiger partial charge on any atom is -0.503 e. The largest absolute Gasteiger partial charge is 0.503 e. The third kappa shape index (κ3) is 4.46. The molecule has 0 bridgehead atoms. The number of fused-ring (bicyclic) bond motifs is 2. The average Bonchev–Trinajstić information content (AvgIpc) is 2.78. The summed E-state index contributed by atoms with van der Waals surface area (Å²) in [6, 6.07) is 2.87. The van der Waals surface area contributed by atoms with Crippen molar-refractivity contribution in [2.45, 2.75) is 24.9 Å². The van der Waals surface area contributed by atoms with Gasteiger partial charge in [0.1, 0.15) is 16.3 Å². The number of aromatic nitrogens is 1. The Bertz CT molecular complexity index is 1230. The zero-order valence-electron chi connectivity index (χ0n) is 19.4. The second-order valence-electron chi connectivity index (χ2n) is 8.79. The lowest BCUT2D eigenvalue weighted by molar-refractivity contribution is -0.0190. The SMILES string of the molecule is COC[C@H]1C[C@]2(CN(C)C(=O)c3c(O)c(=O)c(C(=O)NCc4ccc(OC)c(Cl)c4F)cn32)C1.Cl. The fourth-order valence-electron chi connectivity index (χ4n) is 4.94. The highest BCUT2D eigenvalue weighted by molar-refractivity contribution is 6.32. The number of ether oxygens (including phenoxy) is 2. The van der Waals surface area contributed by atoms with E-state index >= 15 is 0 Å². The monoisotopic (exact) mass is 529 g/mol. The van der Waals surface area contributed by atoms with Gasteiger partial charge in [0.2, 0.25) is 5.43 Å². The van der Waals surface area contributed by atoms with E-state index in [0.29, 0.717) is 26.0 Å². The smallest absolute Gasteiger partial charge is 0.274 e. The first-order valence-electron chi connectivity index (χ1n) is 10.7. The maximum Gasteiger partial charge on any atom is 0.274 e. The molecular weight excluding hydrogens is 504 g/mol. The van der Waals surface area contributed by atoms with E-state index in [1.165, 1.54) is 30.3 Å². The summed E-state index contributed by atoms with van der Waals surface area (Å²) in [5.41, 5.74) is -1.91. The van der Waals surface area contributed by atoms with Crippen molar-refractivity contribution in [1.82, 2.24) is 14.8 Å². The molecule has 2 heterocycles. The number of hydrogen-bond donors (Lipinski definition) is 2. The number of amides is 2. The highest BCUT2D eigenvalue weighted by atomic mass is 35.5. The molecule has 1 aromatic carbocycles. The fourth-order valence-corrected chi connectivity index (χ4v) is 5.20. The van der Waals surface area contributed by atoms with Gasteiger partial charge in [0, 0.05) is 45.6 Å². The molecule has 12 heteroatoms. The maximum absolute atomic E-state index is 14.5. The van der Waals surface area contributed by atoms with Crippen molar-refractivity contribution < 1.29 is 28.6 Å². The van der Waals surface area contributed by atoms with Crippen LogP contribution in [0.5, 0.6) is 11.5 Å². The third-order valence-corrected chi connectivity index (χ3v) is 6.90. The Morgan fingerprint density at radius 2 is 2.00 bits per heavy atom. The van der Waals surface area contributed by atoms with Crippen molar-refractivity contribution in [2.24, 2.45) is 5.92 Å². The molecule has 1 aliphatic carbocycles. The first kappa shape index (κ1) is 26.8. The molecule has 1 aromatic heterocycles. The van der Waals surface area contributed by atoms with Gasteiger partial charge in [-0.1, -0.05) is 17.7 Å². The molecule has 2 amide bonds. The van der Waals surface area contributed by atoms with Crippen molar-refractivity contribution in [3.05, 3.63) is 56.2 Å². The molecule has 2 aromatic rings. The molecule has 4 rings (SSSR count). The normalized spacial score (nSPS) is 20.7. The number of halogens is 3. The molecular formula is C23H26Cl2FN3O6. The van der Waals surface area contributed by atoms with Crippen LogP contribution in [-0.2, 0) is 16.8 Å². The highest BCUT2D eigenvalue weighted by Crippen LogP contribution is 2.48. The summed E-state index contributed by atoms with van der Waals surface area (Å²) in [6.45, 7) is 0.668. The van der Waals surface area contributed by atoms with Gasteiger partial charge < -0.3 is 29.4 Å². The summed E-state index contributed by atoms with van der Waals surface area (Å²) in [5, 5.41) is 12.9. The number of aromatic hydroxyl groups is 1. The highest BCUT2D eigenvalue weighted by Gasteiger charge is 2.51. The van der Waals surface area contributed by atoms with Crippen LogP contribution in [-0.4, -0.2) is 60.8 Å². The minimum absolute atomic E-state index is 0. The fraction of sp³-hybridized carbons (Fsp3) is 0.435. The molecule has 35 heavy (non-hydrogen) atoms. The van der Waals surface area contributed by atoms with Gasteiger partial charge in [0.25, 0.3) is 11.8 Å². The molecule has 190 valence electrons. The van der Waals surface area contributed by atoms with Crippen LogP contribution in [0.3, 0.4) is 0 Å². The van der Waals surface area contributed by atoms with Crippen LogP contribution in [0, 0.1) is 11.7 Å². The Labute approximate surface area is 212 Å². The summed E-state index contributed by atoms with van der Waals surface area (Å²) < 4.78 is 26.2. The lowest BCUT2D eigenvalue weighted by atomic mass is 9.67. The number of benzene rings is 1. The standard InChI is InChI=1S/C23H25ClFN3O6.ClH/c1-27-11-23(6-12(7-23)10-33-2)28-9-14(19(29)20(30)18(28)22(27)32)21(31)26-8-13-4-5-15(34-3)16(24)17(13)25;/h4-5,9,12,30H,6-8,10-11H2,1-3H3,(H,26,31);1H/t12-,23+;. The molecule has 0 atom stereocenters. The summed E-state index contributed by atoms with van der Waals surface area (Å²) in [7, 11) is 4.57. The Morgan fingerprint density at radius 3 is 2.63 bits per heavy atom. The predicted octanol–water partition coefficient (Wildman–Crippen LogP) is 2.54. The van der Waals surface area contributed by atoms with Gasteiger partial charge in [-0.2, -0.15) is 0 Å². The molecule has 0 saturated heterocycles. The summed E-state index contributed by atoms with van der Waals surface area (Å²) in [6.07, 6.45) is 2.63. The summed E-state index contributed by atoms with van der Waals surface area (Å²) >= 11 is 5.93. The number of carbonyl (C=O) groups excluding carboxylic acids is 2. The number of nitrogens with zero attached hydrogens (tertiary/aromatic N) is 2. The number of pyridine rings is 1. The van der Waals surface area contributed by atoms with Gasteiger partial charge in [0.05, 0.1) is 12.6 Å². The molecule has 0 unspecified atom stereocenters. The van der Waals surface area contributed by atoms with Crippen molar-refractivity contribution in [3.8, 4) is 11.5 Å². The van der Waals surface area contributed by atoms with Crippen LogP contribution in [0.2, 0.25) is 5.02 Å². The Balaban J connectivity index is 0.00000342.